The summed E-state index contributed by atoms with van der Waals surface area (Å²) < 4.78 is 14.0. The molecule has 0 aliphatic rings. The molecule has 0 saturated carbocycles. The number of halogens is 2. The van der Waals surface area contributed by atoms with Crippen molar-refractivity contribution in [2.45, 2.75) is 13.0 Å². The Balaban J connectivity index is 2.42. The van der Waals surface area contributed by atoms with Crippen LogP contribution in [0, 0.1) is 12.7 Å². The third-order valence-electron chi connectivity index (χ3n) is 2.65. The maximum atomic E-state index is 13.5. The van der Waals surface area contributed by atoms with Gasteiger partial charge in [0.2, 0.25) is 0 Å². The van der Waals surface area contributed by atoms with Gasteiger partial charge in [-0.15, -0.1) is 11.3 Å². The average Bonchev–Trinajstić information content (AvgIpc) is 2.71. The minimum Gasteiger partial charge on any atom is -0.271 e. The number of benzene rings is 1. The number of hydrogen-bond acceptors (Lipinski definition) is 3. The summed E-state index contributed by atoms with van der Waals surface area (Å²) in [6.07, 6.45) is 0. The molecule has 0 fully saturated rings. The smallest absolute Gasteiger partial charge is 0.137 e. The summed E-state index contributed by atoms with van der Waals surface area (Å²) in [7, 11) is 0. The number of nitrogens with two attached hydrogens (primary N) is 1. The molecule has 1 atom stereocenters. The molecule has 0 bridgehead atoms. The van der Waals surface area contributed by atoms with Gasteiger partial charge in [0, 0.05) is 4.88 Å². The van der Waals surface area contributed by atoms with E-state index in [2.05, 4.69) is 21.4 Å². The van der Waals surface area contributed by atoms with Crippen molar-refractivity contribution in [2.75, 3.05) is 0 Å². The summed E-state index contributed by atoms with van der Waals surface area (Å²) in [5.74, 6) is 5.29. The molecule has 1 unspecified atom stereocenters. The van der Waals surface area contributed by atoms with Gasteiger partial charge in [0.25, 0.3) is 0 Å². The zero-order valence-electron chi connectivity index (χ0n) is 9.21. The van der Waals surface area contributed by atoms with E-state index in [9.17, 15) is 4.39 Å². The molecule has 3 N–H and O–H groups in total. The molecule has 2 rings (SSSR count). The van der Waals surface area contributed by atoms with Crippen molar-refractivity contribution in [2.24, 2.45) is 5.84 Å². The molecule has 0 saturated heterocycles. The number of hydrogen-bond donors (Lipinski definition) is 2. The van der Waals surface area contributed by atoms with Gasteiger partial charge in [-0.3, -0.25) is 5.84 Å². The highest BCUT2D eigenvalue weighted by molar-refractivity contribution is 9.10. The maximum Gasteiger partial charge on any atom is 0.137 e. The van der Waals surface area contributed by atoms with Crippen LogP contribution in [0.3, 0.4) is 0 Å². The topological polar surface area (TPSA) is 38.0 Å². The highest BCUT2D eigenvalue weighted by atomic mass is 79.9. The monoisotopic (exact) mass is 314 g/mol. The van der Waals surface area contributed by atoms with E-state index in [4.69, 9.17) is 5.84 Å². The molecular weight excluding hydrogens is 303 g/mol. The molecule has 0 aliphatic heterocycles. The molecule has 0 spiro atoms. The Morgan fingerprint density at radius 3 is 2.71 bits per heavy atom. The summed E-state index contributed by atoms with van der Waals surface area (Å²) in [6, 6.07) is 6.87. The van der Waals surface area contributed by atoms with E-state index < -0.39 is 0 Å². The predicted octanol–water partition coefficient (Wildman–Crippen LogP) is 3.51. The van der Waals surface area contributed by atoms with E-state index in [0.29, 0.717) is 4.47 Å². The molecule has 2 aromatic rings. The Labute approximate surface area is 112 Å². The molecule has 90 valence electrons. The lowest BCUT2D eigenvalue weighted by atomic mass is 10.0. The van der Waals surface area contributed by atoms with Gasteiger partial charge in [0.05, 0.1) is 10.5 Å². The molecule has 0 amide bonds. The zero-order valence-corrected chi connectivity index (χ0v) is 11.6. The molecule has 0 radical (unpaired) electrons. The van der Waals surface area contributed by atoms with Gasteiger partial charge in [-0.25, -0.2) is 9.82 Å². The van der Waals surface area contributed by atoms with Crippen LogP contribution in [0.4, 0.5) is 4.39 Å². The second kappa shape index (κ2) is 5.27. The molecule has 17 heavy (non-hydrogen) atoms. The first-order valence-electron chi connectivity index (χ1n) is 5.08. The fourth-order valence-corrected chi connectivity index (χ4v) is 2.74. The van der Waals surface area contributed by atoms with Crippen LogP contribution in [-0.2, 0) is 0 Å². The largest absolute Gasteiger partial charge is 0.271 e. The van der Waals surface area contributed by atoms with Crippen molar-refractivity contribution >= 4 is 27.3 Å². The normalized spacial score (nSPS) is 12.7. The first-order chi connectivity index (χ1) is 8.13. The maximum absolute atomic E-state index is 13.5. The van der Waals surface area contributed by atoms with Crippen LogP contribution in [0.1, 0.15) is 22.0 Å². The molecule has 5 heteroatoms. The Morgan fingerprint density at radius 2 is 2.18 bits per heavy atom. The second-order valence-electron chi connectivity index (χ2n) is 3.71. The Kier molecular flexibility index (Phi) is 3.93. The highest BCUT2D eigenvalue weighted by Crippen LogP contribution is 2.29. The number of hydrazine groups is 1. The first-order valence-corrected chi connectivity index (χ1v) is 6.76. The van der Waals surface area contributed by atoms with Crippen molar-refractivity contribution in [1.29, 1.82) is 0 Å². The third-order valence-corrected chi connectivity index (χ3v) is 4.16. The highest BCUT2D eigenvalue weighted by Gasteiger charge is 2.16. The van der Waals surface area contributed by atoms with E-state index >= 15 is 0 Å². The van der Waals surface area contributed by atoms with Crippen LogP contribution < -0.4 is 11.3 Å². The van der Waals surface area contributed by atoms with Crippen LogP contribution in [-0.4, -0.2) is 0 Å². The van der Waals surface area contributed by atoms with Crippen LogP contribution in [0.2, 0.25) is 0 Å². The lowest BCUT2D eigenvalue weighted by molar-refractivity contribution is 0.600. The number of aryl methyl sites for hydroxylation is 1. The van der Waals surface area contributed by atoms with Gasteiger partial charge in [-0.2, -0.15) is 0 Å². The molecule has 0 aliphatic carbocycles. The van der Waals surface area contributed by atoms with Crippen LogP contribution in [0.5, 0.6) is 0 Å². The first kappa shape index (κ1) is 12.7. The zero-order chi connectivity index (χ0) is 12.4. The number of thiophene rings is 1. The second-order valence-corrected chi connectivity index (χ2v) is 5.68. The summed E-state index contributed by atoms with van der Waals surface area (Å²) in [4.78, 5) is 1.18. The number of rotatable bonds is 3. The molecule has 1 aromatic heterocycles. The SMILES string of the molecule is Cc1sccc1C(NN)c1ccc(Br)c(F)c1. The van der Waals surface area contributed by atoms with Crippen molar-refractivity contribution in [3.05, 3.63) is 55.9 Å². The van der Waals surface area contributed by atoms with Gasteiger partial charge in [0.15, 0.2) is 0 Å². The van der Waals surface area contributed by atoms with E-state index in [1.807, 2.05) is 24.4 Å². The Morgan fingerprint density at radius 1 is 1.41 bits per heavy atom. The molecular formula is C12H12BrFN2S. The minimum atomic E-state index is -0.282. The van der Waals surface area contributed by atoms with Crippen molar-refractivity contribution in [3.8, 4) is 0 Å². The summed E-state index contributed by atoms with van der Waals surface area (Å²) in [5, 5.41) is 2.00. The lowest BCUT2D eigenvalue weighted by Crippen LogP contribution is -2.29. The molecule has 1 aromatic carbocycles. The van der Waals surface area contributed by atoms with Gasteiger partial charge < -0.3 is 0 Å². The summed E-state index contributed by atoms with van der Waals surface area (Å²) >= 11 is 4.79. The molecule has 1 heterocycles. The van der Waals surface area contributed by atoms with Gasteiger partial charge >= 0.3 is 0 Å². The van der Waals surface area contributed by atoms with Gasteiger partial charge in [0.1, 0.15) is 5.82 Å². The summed E-state index contributed by atoms with van der Waals surface area (Å²) in [6.45, 7) is 2.03. The van der Waals surface area contributed by atoms with Crippen LogP contribution >= 0.6 is 27.3 Å². The fourth-order valence-electron chi connectivity index (χ4n) is 1.75. The van der Waals surface area contributed by atoms with Crippen LogP contribution in [0.25, 0.3) is 0 Å². The Bertz CT molecular complexity index is 527. The predicted molar refractivity (Wildman–Crippen MR) is 72.3 cm³/mol. The quantitative estimate of drug-likeness (QED) is 0.672. The van der Waals surface area contributed by atoms with E-state index in [1.54, 1.807) is 17.4 Å². The fraction of sp³-hybridized carbons (Fsp3) is 0.167. The van der Waals surface area contributed by atoms with Crippen molar-refractivity contribution in [1.82, 2.24) is 5.43 Å². The van der Waals surface area contributed by atoms with Crippen LogP contribution in [0.15, 0.2) is 34.1 Å². The third kappa shape index (κ3) is 2.57. The van der Waals surface area contributed by atoms with Crippen molar-refractivity contribution in [3.63, 3.8) is 0 Å². The Hall–Kier alpha value is -0.750. The standard InChI is InChI=1S/C12H12BrFN2S/c1-7-9(4-5-17-7)12(16-15)8-2-3-10(13)11(14)6-8/h2-6,12,16H,15H2,1H3. The molecule has 2 nitrogen and oxygen atoms in total. The van der Waals surface area contributed by atoms with E-state index in [0.717, 1.165) is 11.1 Å². The van der Waals surface area contributed by atoms with E-state index in [-0.39, 0.29) is 11.9 Å². The van der Waals surface area contributed by atoms with Gasteiger partial charge in [-0.1, -0.05) is 6.07 Å². The summed E-state index contributed by atoms with van der Waals surface area (Å²) in [5.41, 5.74) is 4.63. The minimum absolute atomic E-state index is 0.177. The lowest BCUT2D eigenvalue weighted by Gasteiger charge is -2.16. The number of nitrogens with one attached hydrogen (secondary N) is 1. The van der Waals surface area contributed by atoms with Gasteiger partial charge in [-0.05, 0) is 57.6 Å². The van der Waals surface area contributed by atoms with E-state index in [1.165, 1.54) is 10.9 Å². The average molecular weight is 315 g/mol. The van der Waals surface area contributed by atoms with Crippen molar-refractivity contribution < 1.29 is 4.39 Å².